The summed E-state index contributed by atoms with van der Waals surface area (Å²) in [6.07, 6.45) is 3.50. The van der Waals surface area contributed by atoms with Gasteiger partial charge in [0, 0.05) is 24.6 Å². The van der Waals surface area contributed by atoms with Gasteiger partial charge in [-0.1, -0.05) is 6.92 Å². The number of rotatable bonds is 4. The van der Waals surface area contributed by atoms with Crippen LogP contribution in [0.2, 0.25) is 0 Å². The molecule has 5 heteroatoms. The van der Waals surface area contributed by atoms with Crippen molar-refractivity contribution >= 4 is 9.84 Å². The van der Waals surface area contributed by atoms with Crippen molar-refractivity contribution in [2.75, 3.05) is 12.0 Å². The standard InChI is InChI=1S/C10H15NO3S/c1-8(9-3-5-11-6-4-9)10(12)7-15(2,13)14/h3-6,8,10,12H,7H2,1-2H3. The molecule has 0 radical (unpaired) electrons. The highest BCUT2D eigenvalue weighted by molar-refractivity contribution is 7.90. The molecule has 1 rings (SSSR count). The molecule has 0 saturated carbocycles. The van der Waals surface area contributed by atoms with Crippen LogP contribution in [0.5, 0.6) is 0 Å². The van der Waals surface area contributed by atoms with Crippen molar-refractivity contribution in [2.45, 2.75) is 18.9 Å². The molecule has 15 heavy (non-hydrogen) atoms. The molecule has 1 aromatic rings. The molecule has 2 atom stereocenters. The number of pyridine rings is 1. The van der Waals surface area contributed by atoms with Crippen molar-refractivity contribution in [3.8, 4) is 0 Å². The van der Waals surface area contributed by atoms with Crippen molar-refractivity contribution < 1.29 is 13.5 Å². The maximum Gasteiger partial charge on any atom is 0.150 e. The normalized spacial score (nSPS) is 15.9. The van der Waals surface area contributed by atoms with E-state index >= 15 is 0 Å². The number of hydrogen-bond acceptors (Lipinski definition) is 4. The first-order valence-corrected chi connectivity index (χ1v) is 6.72. The second-order valence-corrected chi connectivity index (χ2v) is 5.91. The summed E-state index contributed by atoms with van der Waals surface area (Å²) >= 11 is 0. The fraction of sp³-hybridized carbons (Fsp3) is 0.500. The van der Waals surface area contributed by atoms with Crippen molar-refractivity contribution in [3.63, 3.8) is 0 Å². The Hall–Kier alpha value is -0.940. The molecule has 1 heterocycles. The minimum absolute atomic E-state index is 0.206. The van der Waals surface area contributed by atoms with Gasteiger partial charge in [0.25, 0.3) is 0 Å². The van der Waals surface area contributed by atoms with Crippen molar-refractivity contribution in [1.82, 2.24) is 4.98 Å². The minimum Gasteiger partial charge on any atom is -0.391 e. The average Bonchev–Trinajstić information content (AvgIpc) is 2.15. The van der Waals surface area contributed by atoms with Crippen molar-refractivity contribution in [2.24, 2.45) is 0 Å². The molecule has 1 N–H and O–H groups in total. The monoisotopic (exact) mass is 229 g/mol. The number of aromatic nitrogens is 1. The van der Waals surface area contributed by atoms with Crippen LogP contribution in [0.1, 0.15) is 18.4 Å². The summed E-state index contributed by atoms with van der Waals surface area (Å²) in [6, 6.07) is 3.55. The molecule has 2 unspecified atom stereocenters. The summed E-state index contributed by atoms with van der Waals surface area (Å²) in [7, 11) is -3.14. The second-order valence-electron chi connectivity index (χ2n) is 3.73. The summed E-state index contributed by atoms with van der Waals surface area (Å²) in [5.74, 6) is -0.418. The summed E-state index contributed by atoms with van der Waals surface area (Å²) in [6.45, 7) is 1.80. The number of nitrogens with zero attached hydrogens (tertiary/aromatic N) is 1. The van der Waals surface area contributed by atoms with Crippen LogP contribution in [0.4, 0.5) is 0 Å². The lowest BCUT2D eigenvalue weighted by Gasteiger charge is -2.17. The zero-order valence-electron chi connectivity index (χ0n) is 8.79. The Morgan fingerprint density at radius 2 is 1.93 bits per heavy atom. The second kappa shape index (κ2) is 4.72. The van der Waals surface area contributed by atoms with Gasteiger partial charge in [0.15, 0.2) is 0 Å². The van der Waals surface area contributed by atoms with Gasteiger partial charge in [0.2, 0.25) is 0 Å². The van der Waals surface area contributed by atoms with Gasteiger partial charge in [0.05, 0.1) is 11.9 Å². The van der Waals surface area contributed by atoms with Crippen LogP contribution in [0.15, 0.2) is 24.5 Å². The Morgan fingerprint density at radius 3 is 2.40 bits per heavy atom. The zero-order chi connectivity index (χ0) is 11.5. The maximum atomic E-state index is 11.0. The molecular weight excluding hydrogens is 214 g/mol. The van der Waals surface area contributed by atoms with Crippen LogP contribution in [0.3, 0.4) is 0 Å². The van der Waals surface area contributed by atoms with Gasteiger partial charge < -0.3 is 5.11 Å². The summed E-state index contributed by atoms with van der Waals surface area (Å²) in [4.78, 5) is 3.86. The van der Waals surface area contributed by atoms with Gasteiger partial charge in [0.1, 0.15) is 9.84 Å². The topological polar surface area (TPSA) is 67.3 Å². The van der Waals surface area contributed by atoms with Crippen LogP contribution in [-0.2, 0) is 9.84 Å². The van der Waals surface area contributed by atoms with E-state index in [0.29, 0.717) is 0 Å². The lowest BCUT2D eigenvalue weighted by molar-refractivity contribution is 0.171. The third kappa shape index (κ3) is 3.97. The smallest absolute Gasteiger partial charge is 0.150 e. The van der Waals surface area contributed by atoms with E-state index in [2.05, 4.69) is 4.98 Å². The lowest BCUT2D eigenvalue weighted by atomic mass is 9.98. The van der Waals surface area contributed by atoms with E-state index in [9.17, 15) is 13.5 Å². The predicted octanol–water partition coefficient (Wildman–Crippen LogP) is 0.591. The van der Waals surface area contributed by atoms with Crippen molar-refractivity contribution in [1.29, 1.82) is 0 Å². The Kier molecular flexibility index (Phi) is 3.82. The number of aliphatic hydroxyl groups is 1. The predicted molar refractivity (Wildman–Crippen MR) is 58.4 cm³/mol. The number of sulfone groups is 1. The quantitative estimate of drug-likeness (QED) is 0.820. The number of aliphatic hydroxyl groups excluding tert-OH is 1. The van der Waals surface area contributed by atoms with Crippen molar-refractivity contribution in [3.05, 3.63) is 30.1 Å². The summed E-state index contributed by atoms with van der Waals surface area (Å²) < 4.78 is 22.0. The fourth-order valence-corrected chi connectivity index (χ4v) is 2.25. The van der Waals surface area contributed by atoms with Gasteiger partial charge in [-0.3, -0.25) is 4.98 Å². The molecule has 0 spiro atoms. The molecule has 0 aromatic carbocycles. The summed E-state index contributed by atoms with van der Waals surface area (Å²) in [5.41, 5.74) is 0.890. The van der Waals surface area contributed by atoms with Gasteiger partial charge in [-0.15, -0.1) is 0 Å². The van der Waals surface area contributed by atoms with E-state index in [0.717, 1.165) is 11.8 Å². The Bertz CT molecular complexity index is 402. The first-order chi connectivity index (χ1) is 6.90. The average molecular weight is 229 g/mol. The molecule has 0 fully saturated rings. The minimum atomic E-state index is -3.14. The van der Waals surface area contributed by atoms with E-state index in [-0.39, 0.29) is 11.7 Å². The third-order valence-electron chi connectivity index (χ3n) is 2.28. The highest BCUT2D eigenvalue weighted by atomic mass is 32.2. The van der Waals surface area contributed by atoms with Gasteiger partial charge in [-0.25, -0.2) is 8.42 Å². The number of hydrogen-bond donors (Lipinski definition) is 1. The molecule has 4 nitrogen and oxygen atoms in total. The SMILES string of the molecule is CC(c1ccncc1)C(O)CS(C)(=O)=O. The summed E-state index contributed by atoms with van der Waals surface area (Å²) in [5, 5.41) is 9.71. The van der Waals surface area contributed by atoms with E-state index in [4.69, 9.17) is 0 Å². The van der Waals surface area contributed by atoms with E-state index in [1.165, 1.54) is 0 Å². The molecule has 1 aromatic heterocycles. The Balaban J connectivity index is 2.73. The molecule has 0 bridgehead atoms. The van der Waals surface area contributed by atoms with E-state index in [1.807, 2.05) is 0 Å². The molecule has 0 amide bonds. The molecular formula is C10H15NO3S. The van der Waals surface area contributed by atoms with E-state index in [1.54, 1.807) is 31.5 Å². The molecule has 0 saturated heterocycles. The first kappa shape index (κ1) is 12.1. The van der Waals surface area contributed by atoms with Crippen LogP contribution >= 0.6 is 0 Å². The molecule has 0 aliphatic rings. The first-order valence-electron chi connectivity index (χ1n) is 4.66. The van der Waals surface area contributed by atoms with Gasteiger partial charge in [-0.2, -0.15) is 0 Å². The van der Waals surface area contributed by atoms with Crippen LogP contribution in [-0.4, -0.2) is 36.6 Å². The van der Waals surface area contributed by atoms with Crippen LogP contribution < -0.4 is 0 Å². The molecule has 84 valence electrons. The van der Waals surface area contributed by atoms with Gasteiger partial charge >= 0.3 is 0 Å². The largest absolute Gasteiger partial charge is 0.391 e. The highest BCUT2D eigenvalue weighted by Gasteiger charge is 2.20. The highest BCUT2D eigenvalue weighted by Crippen LogP contribution is 2.19. The lowest BCUT2D eigenvalue weighted by Crippen LogP contribution is -2.25. The van der Waals surface area contributed by atoms with Gasteiger partial charge in [-0.05, 0) is 17.7 Å². The fourth-order valence-electron chi connectivity index (χ4n) is 1.34. The Morgan fingerprint density at radius 1 is 1.40 bits per heavy atom. The van der Waals surface area contributed by atoms with E-state index < -0.39 is 15.9 Å². The molecule has 0 aliphatic carbocycles. The van der Waals surface area contributed by atoms with Crippen LogP contribution in [0.25, 0.3) is 0 Å². The molecule has 0 aliphatic heterocycles. The Labute approximate surface area is 89.9 Å². The zero-order valence-corrected chi connectivity index (χ0v) is 9.61. The maximum absolute atomic E-state index is 11.0. The van der Waals surface area contributed by atoms with Crippen LogP contribution in [0, 0.1) is 0 Å². The third-order valence-corrected chi connectivity index (χ3v) is 3.23.